The standard InChI is InChI=1S/C14H21NO3S/c1-3-5-9-15(10-8-13(16)18-4-2)14(17)12-7-6-11-19-12/h6-7,11H,3-5,8-10H2,1-2H3. The van der Waals surface area contributed by atoms with E-state index in [9.17, 15) is 9.59 Å². The lowest BCUT2D eigenvalue weighted by molar-refractivity contribution is -0.143. The Morgan fingerprint density at radius 2 is 2.11 bits per heavy atom. The maximum absolute atomic E-state index is 12.3. The van der Waals surface area contributed by atoms with Crippen molar-refractivity contribution in [2.45, 2.75) is 33.1 Å². The molecule has 19 heavy (non-hydrogen) atoms. The minimum atomic E-state index is -0.247. The van der Waals surface area contributed by atoms with Crippen molar-refractivity contribution in [3.63, 3.8) is 0 Å². The van der Waals surface area contributed by atoms with E-state index in [1.807, 2.05) is 17.5 Å². The Labute approximate surface area is 118 Å². The third-order valence-electron chi connectivity index (χ3n) is 2.69. The zero-order valence-electron chi connectivity index (χ0n) is 11.6. The molecule has 0 bridgehead atoms. The summed E-state index contributed by atoms with van der Waals surface area (Å²) in [6.45, 7) is 5.36. The molecule has 4 nitrogen and oxygen atoms in total. The molecule has 1 amide bonds. The van der Waals surface area contributed by atoms with E-state index in [0.717, 1.165) is 17.7 Å². The summed E-state index contributed by atoms with van der Waals surface area (Å²) in [5.41, 5.74) is 0. The van der Waals surface area contributed by atoms with Crippen LogP contribution in [0, 0.1) is 0 Å². The van der Waals surface area contributed by atoms with Crippen molar-refractivity contribution in [3.8, 4) is 0 Å². The summed E-state index contributed by atoms with van der Waals surface area (Å²) in [6, 6.07) is 3.68. The van der Waals surface area contributed by atoms with Gasteiger partial charge in [0.15, 0.2) is 0 Å². The Morgan fingerprint density at radius 3 is 2.68 bits per heavy atom. The summed E-state index contributed by atoms with van der Waals surface area (Å²) in [7, 11) is 0. The van der Waals surface area contributed by atoms with E-state index in [2.05, 4.69) is 6.92 Å². The molecule has 0 aliphatic heterocycles. The number of ether oxygens (including phenoxy) is 1. The van der Waals surface area contributed by atoms with Crippen molar-refractivity contribution in [3.05, 3.63) is 22.4 Å². The van der Waals surface area contributed by atoms with Crippen LogP contribution in [0.2, 0.25) is 0 Å². The maximum Gasteiger partial charge on any atom is 0.307 e. The Balaban J connectivity index is 2.56. The molecule has 0 aromatic carbocycles. The number of carbonyl (C=O) groups excluding carboxylic acids is 2. The molecule has 0 unspecified atom stereocenters. The third kappa shape index (κ3) is 5.42. The van der Waals surface area contributed by atoms with Crippen molar-refractivity contribution in [1.29, 1.82) is 0 Å². The molecule has 106 valence electrons. The summed E-state index contributed by atoms with van der Waals surface area (Å²) in [5.74, 6) is -0.240. The highest BCUT2D eigenvalue weighted by molar-refractivity contribution is 7.12. The lowest BCUT2D eigenvalue weighted by Crippen LogP contribution is -2.33. The molecule has 1 aromatic heterocycles. The fourth-order valence-electron chi connectivity index (χ4n) is 1.68. The van der Waals surface area contributed by atoms with Crippen LogP contribution in [0.1, 0.15) is 42.8 Å². The van der Waals surface area contributed by atoms with Crippen LogP contribution in [0.4, 0.5) is 0 Å². The van der Waals surface area contributed by atoms with Crippen LogP contribution in [-0.4, -0.2) is 36.5 Å². The molecule has 0 saturated heterocycles. The highest BCUT2D eigenvalue weighted by Crippen LogP contribution is 2.13. The van der Waals surface area contributed by atoms with Crippen LogP contribution in [0.5, 0.6) is 0 Å². The quantitative estimate of drug-likeness (QED) is 0.689. The first-order chi connectivity index (χ1) is 9.19. The van der Waals surface area contributed by atoms with Crippen LogP contribution in [0.3, 0.4) is 0 Å². The van der Waals surface area contributed by atoms with Crippen LogP contribution in [0.25, 0.3) is 0 Å². The number of carbonyl (C=O) groups is 2. The summed E-state index contributed by atoms with van der Waals surface area (Å²) in [6.07, 6.45) is 2.22. The van der Waals surface area contributed by atoms with Crippen molar-refractivity contribution >= 4 is 23.2 Å². The van der Waals surface area contributed by atoms with E-state index >= 15 is 0 Å². The minimum Gasteiger partial charge on any atom is -0.466 e. The molecular formula is C14H21NO3S. The Bertz CT molecular complexity index is 389. The predicted molar refractivity (Wildman–Crippen MR) is 76.4 cm³/mol. The molecule has 0 spiro atoms. The Kier molecular flexibility index (Phi) is 7.18. The Hall–Kier alpha value is -1.36. The normalized spacial score (nSPS) is 10.2. The van der Waals surface area contributed by atoms with E-state index in [1.54, 1.807) is 11.8 Å². The van der Waals surface area contributed by atoms with Crippen molar-refractivity contribution in [2.75, 3.05) is 19.7 Å². The average molecular weight is 283 g/mol. The molecule has 5 heteroatoms. The van der Waals surface area contributed by atoms with E-state index < -0.39 is 0 Å². The van der Waals surface area contributed by atoms with Crippen LogP contribution < -0.4 is 0 Å². The number of nitrogens with zero attached hydrogens (tertiary/aromatic N) is 1. The number of hydrogen-bond acceptors (Lipinski definition) is 4. The van der Waals surface area contributed by atoms with Crippen LogP contribution in [-0.2, 0) is 9.53 Å². The van der Waals surface area contributed by atoms with E-state index in [1.165, 1.54) is 11.3 Å². The Morgan fingerprint density at radius 1 is 1.32 bits per heavy atom. The zero-order valence-corrected chi connectivity index (χ0v) is 12.4. The second-order valence-electron chi connectivity index (χ2n) is 4.18. The summed E-state index contributed by atoms with van der Waals surface area (Å²) in [5, 5.41) is 1.89. The van der Waals surface area contributed by atoms with Gasteiger partial charge in [-0.2, -0.15) is 0 Å². The summed E-state index contributed by atoms with van der Waals surface area (Å²) >= 11 is 1.43. The molecule has 0 aliphatic rings. The van der Waals surface area contributed by atoms with Crippen molar-refractivity contribution in [1.82, 2.24) is 4.90 Å². The molecular weight excluding hydrogens is 262 g/mol. The number of amides is 1. The highest BCUT2D eigenvalue weighted by Gasteiger charge is 2.17. The zero-order chi connectivity index (χ0) is 14.1. The molecule has 0 atom stereocenters. The van der Waals surface area contributed by atoms with Gasteiger partial charge in [-0.1, -0.05) is 19.4 Å². The van der Waals surface area contributed by atoms with Gasteiger partial charge in [-0.25, -0.2) is 0 Å². The van der Waals surface area contributed by atoms with Gasteiger partial charge in [0.2, 0.25) is 0 Å². The molecule has 1 heterocycles. The maximum atomic E-state index is 12.3. The average Bonchev–Trinajstić information content (AvgIpc) is 2.92. The molecule has 0 N–H and O–H groups in total. The van der Waals surface area contributed by atoms with Gasteiger partial charge in [0.05, 0.1) is 17.9 Å². The van der Waals surface area contributed by atoms with Gasteiger partial charge >= 0.3 is 5.97 Å². The van der Waals surface area contributed by atoms with E-state index in [-0.39, 0.29) is 18.3 Å². The molecule has 0 aliphatic carbocycles. The van der Waals surface area contributed by atoms with Crippen LogP contribution >= 0.6 is 11.3 Å². The SMILES string of the molecule is CCCCN(CCC(=O)OCC)C(=O)c1cccs1. The van der Waals surface area contributed by atoms with Gasteiger partial charge in [0.1, 0.15) is 0 Å². The fourth-order valence-corrected chi connectivity index (χ4v) is 2.37. The molecule has 0 saturated carbocycles. The largest absolute Gasteiger partial charge is 0.466 e. The minimum absolute atomic E-state index is 0.00717. The predicted octanol–water partition coefficient (Wildman–Crippen LogP) is 2.94. The number of hydrogen-bond donors (Lipinski definition) is 0. The first-order valence-electron chi connectivity index (χ1n) is 6.67. The lowest BCUT2D eigenvalue weighted by atomic mass is 10.2. The third-order valence-corrected chi connectivity index (χ3v) is 3.55. The number of rotatable bonds is 8. The van der Waals surface area contributed by atoms with E-state index in [0.29, 0.717) is 19.7 Å². The monoisotopic (exact) mass is 283 g/mol. The smallest absolute Gasteiger partial charge is 0.307 e. The van der Waals surface area contributed by atoms with Gasteiger partial charge in [0, 0.05) is 13.1 Å². The first-order valence-corrected chi connectivity index (χ1v) is 7.55. The number of thiophene rings is 1. The second-order valence-corrected chi connectivity index (χ2v) is 5.13. The summed E-state index contributed by atoms with van der Waals surface area (Å²) < 4.78 is 4.89. The summed E-state index contributed by atoms with van der Waals surface area (Å²) in [4.78, 5) is 26.1. The highest BCUT2D eigenvalue weighted by atomic mass is 32.1. The lowest BCUT2D eigenvalue weighted by Gasteiger charge is -2.21. The van der Waals surface area contributed by atoms with Crippen LogP contribution in [0.15, 0.2) is 17.5 Å². The van der Waals surface area contributed by atoms with Crippen molar-refractivity contribution < 1.29 is 14.3 Å². The van der Waals surface area contributed by atoms with Crippen molar-refractivity contribution in [2.24, 2.45) is 0 Å². The fraction of sp³-hybridized carbons (Fsp3) is 0.571. The first kappa shape index (κ1) is 15.7. The molecule has 1 aromatic rings. The number of unbranched alkanes of at least 4 members (excludes halogenated alkanes) is 1. The molecule has 0 radical (unpaired) electrons. The van der Waals surface area contributed by atoms with Gasteiger partial charge in [-0.3, -0.25) is 9.59 Å². The van der Waals surface area contributed by atoms with E-state index in [4.69, 9.17) is 4.74 Å². The van der Waals surface area contributed by atoms with Gasteiger partial charge in [-0.05, 0) is 24.8 Å². The molecule has 0 fully saturated rings. The van der Waals surface area contributed by atoms with Gasteiger partial charge in [0.25, 0.3) is 5.91 Å². The van der Waals surface area contributed by atoms with Gasteiger partial charge < -0.3 is 9.64 Å². The van der Waals surface area contributed by atoms with Gasteiger partial charge in [-0.15, -0.1) is 11.3 Å². The number of esters is 1. The molecule has 1 rings (SSSR count). The second kappa shape index (κ2) is 8.69. The topological polar surface area (TPSA) is 46.6 Å².